The Morgan fingerprint density at radius 3 is 1.64 bits per heavy atom. The fraction of sp³-hybridized carbons (Fsp3) is 0.826. The minimum atomic E-state index is -0.960. The van der Waals surface area contributed by atoms with Crippen molar-refractivity contribution >= 4 is 67.0 Å². The van der Waals surface area contributed by atoms with Gasteiger partial charge >= 0.3 is 24.1 Å². The maximum absolute atomic E-state index is 12.0. The third-order valence-corrected chi connectivity index (χ3v) is 5.40. The van der Waals surface area contributed by atoms with Crippen molar-refractivity contribution in [3.63, 3.8) is 0 Å². The van der Waals surface area contributed by atoms with Gasteiger partial charge in [-0.3, -0.25) is 9.80 Å². The molecule has 0 spiro atoms. The van der Waals surface area contributed by atoms with E-state index in [1.807, 2.05) is 20.8 Å². The summed E-state index contributed by atoms with van der Waals surface area (Å²) >= 11 is 3.28. The molecule has 0 aromatic rings. The minimum Gasteiger partial charge on any atom is -0.480 e. The molecule has 0 aromatic heterocycles. The second-order valence-electron chi connectivity index (χ2n) is 10.2. The summed E-state index contributed by atoms with van der Waals surface area (Å²) in [6.07, 6.45) is 2.47. The number of likely N-dealkylation sites (tertiary alicyclic amines) is 2. The predicted molar refractivity (Wildman–Crippen MR) is 150 cm³/mol. The van der Waals surface area contributed by atoms with Gasteiger partial charge in [-0.05, 0) is 73.6 Å². The van der Waals surface area contributed by atoms with E-state index in [9.17, 15) is 19.2 Å². The summed E-state index contributed by atoms with van der Waals surface area (Å²) in [6.45, 7) is 12.1. The Kier molecular flexibility index (Phi) is 16.9. The van der Waals surface area contributed by atoms with Crippen LogP contribution in [-0.4, -0.2) is 87.3 Å². The van der Waals surface area contributed by atoms with Crippen molar-refractivity contribution in [2.24, 2.45) is 0 Å². The van der Waals surface area contributed by atoms with E-state index in [2.05, 4.69) is 15.9 Å². The first kappa shape index (κ1) is 36.8. The van der Waals surface area contributed by atoms with Crippen LogP contribution in [0.15, 0.2) is 0 Å². The van der Waals surface area contributed by atoms with E-state index in [0.29, 0.717) is 32.5 Å². The van der Waals surface area contributed by atoms with E-state index in [4.69, 9.17) is 19.3 Å². The third-order valence-electron chi connectivity index (χ3n) is 4.84. The molecule has 212 valence electrons. The molecular weight excluding hydrogens is 576 g/mol. The number of halogens is 1. The van der Waals surface area contributed by atoms with Crippen molar-refractivity contribution in [2.45, 2.75) is 96.9 Å². The van der Waals surface area contributed by atoms with Crippen LogP contribution in [0.1, 0.15) is 73.6 Å². The molecule has 2 saturated heterocycles. The van der Waals surface area contributed by atoms with Crippen LogP contribution in [-0.2, 0) is 23.8 Å². The van der Waals surface area contributed by atoms with E-state index in [1.165, 1.54) is 9.80 Å². The maximum atomic E-state index is 12.0. The van der Waals surface area contributed by atoms with Crippen LogP contribution in [0.2, 0.25) is 0 Å². The Bertz CT molecular complexity index is 728. The molecule has 2 fully saturated rings. The molecule has 0 aromatic carbocycles. The predicted octanol–water partition coefficient (Wildman–Crippen LogP) is 4.41. The Morgan fingerprint density at radius 1 is 0.833 bits per heavy atom. The molecule has 2 heterocycles. The molecule has 0 bridgehead atoms. The molecule has 2 aliphatic rings. The highest BCUT2D eigenvalue weighted by atomic mass is 79.9. The average Bonchev–Trinajstić information content (AvgIpc) is 3.36. The Morgan fingerprint density at radius 2 is 1.25 bits per heavy atom. The van der Waals surface area contributed by atoms with E-state index in [1.54, 1.807) is 20.8 Å². The molecule has 0 radical (unpaired) electrons. The molecule has 13 heteroatoms. The molecule has 2 amide bonds. The highest BCUT2D eigenvalue weighted by molar-refractivity contribution is 9.09. The van der Waals surface area contributed by atoms with Gasteiger partial charge in [0, 0.05) is 18.4 Å². The number of hydrogen-bond donors (Lipinski definition) is 1. The van der Waals surface area contributed by atoms with E-state index < -0.39 is 41.4 Å². The number of amides is 2. The number of aliphatic carboxylic acids is 1. The standard InChI is InChI=1S/C13H22BrNO4.C10H17NO4.2H2S/c1-13(2,3)19-12(17)15-8-4-6-10(15)11(16)18-9-5-7-14;1-10(2,3)15-9(14)11-6-4-5-7(11)8(12)13;;/h10H,4-9H2,1-3H3;7H,4-6H2,1-3H3,(H,12,13);2*1H2/t10-;7-;;/m00../s1. The zero-order valence-electron chi connectivity index (χ0n) is 22.1. The number of hydrogen-bond acceptors (Lipinski definition) is 7. The second-order valence-corrected chi connectivity index (χ2v) is 11.0. The summed E-state index contributed by atoms with van der Waals surface area (Å²) in [4.78, 5) is 49.1. The van der Waals surface area contributed by atoms with E-state index in [-0.39, 0.29) is 33.0 Å². The van der Waals surface area contributed by atoms with Gasteiger partial charge in [-0.15, -0.1) is 0 Å². The van der Waals surface area contributed by atoms with Crippen LogP contribution in [0.25, 0.3) is 0 Å². The first-order chi connectivity index (χ1) is 15.7. The van der Waals surface area contributed by atoms with Crippen LogP contribution in [0.3, 0.4) is 0 Å². The van der Waals surface area contributed by atoms with Gasteiger partial charge in [-0.2, -0.15) is 27.0 Å². The van der Waals surface area contributed by atoms with Crippen LogP contribution in [0, 0.1) is 0 Å². The normalized spacial score (nSPS) is 19.2. The SMILES string of the molecule is CC(C)(C)OC(=O)N1CCC[C@H]1C(=O)O.CC(C)(C)OC(=O)N1CCC[C@H]1C(=O)OCCCBr.S.S. The lowest BCUT2D eigenvalue weighted by atomic mass is 10.2. The molecule has 0 aliphatic carbocycles. The Balaban J connectivity index is 0. The molecule has 2 atom stereocenters. The highest BCUT2D eigenvalue weighted by Crippen LogP contribution is 2.22. The summed E-state index contributed by atoms with van der Waals surface area (Å²) in [5.41, 5.74) is -1.13. The first-order valence-electron chi connectivity index (χ1n) is 11.6. The van der Waals surface area contributed by atoms with Crippen molar-refractivity contribution < 1.29 is 38.5 Å². The number of alkyl halides is 1. The fourth-order valence-electron chi connectivity index (χ4n) is 3.44. The molecule has 10 nitrogen and oxygen atoms in total. The molecule has 36 heavy (non-hydrogen) atoms. The van der Waals surface area contributed by atoms with Crippen molar-refractivity contribution in [1.82, 2.24) is 9.80 Å². The Labute approximate surface area is 236 Å². The van der Waals surface area contributed by atoms with Crippen LogP contribution >= 0.6 is 42.9 Å². The van der Waals surface area contributed by atoms with Gasteiger partial charge in [-0.1, -0.05) is 15.9 Å². The van der Waals surface area contributed by atoms with Crippen molar-refractivity contribution in [3.05, 3.63) is 0 Å². The van der Waals surface area contributed by atoms with Gasteiger partial charge in [0.1, 0.15) is 23.3 Å². The number of rotatable bonds is 5. The number of carboxylic acid groups (broad SMARTS) is 1. The number of esters is 1. The summed E-state index contributed by atoms with van der Waals surface area (Å²) < 4.78 is 15.6. The summed E-state index contributed by atoms with van der Waals surface area (Å²) in [7, 11) is 0. The zero-order chi connectivity index (χ0) is 26.1. The minimum absolute atomic E-state index is 0. The fourth-order valence-corrected chi connectivity index (χ4v) is 3.67. The lowest BCUT2D eigenvalue weighted by Gasteiger charge is -2.27. The number of carboxylic acids is 1. The molecule has 0 saturated carbocycles. The van der Waals surface area contributed by atoms with Gasteiger partial charge in [-0.25, -0.2) is 19.2 Å². The number of nitrogens with zero attached hydrogens (tertiary/aromatic N) is 2. The van der Waals surface area contributed by atoms with Gasteiger partial charge in [0.2, 0.25) is 0 Å². The van der Waals surface area contributed by atoms with Gasteiger partial charge in [0.15, 0.2) is 0 Å². The number of ether oxygens (including phenoxy) is 3. The molecule has 2 rings (SSSR count). The topological polar surface area (TPSA) is 123 Å². The Hall–Kier alpha value is -1.34. The quantitative estimate of drug-likeness (QED) is 0.208. The number of carbonyl (C=O) groups is 4. The van der Waals surface area contributed by atoms with Crippen molar-refractivity contribution in [2.75, 3.05) is 25.0 Å². The average molecular weight is 620 g/mol. The van der Waals surface area contributed by atoms with Crippen LogP contribution < -0.4 is 0 Å². The largest absolute Gasteiger partial charge is 0.480 e. The molecular formula is C23H43BrN2O8S2. The van der Waals surface area contributed by atoms with Crippen molar-refractivity contribution in [3.8, 4) is 0 Å². The summed E-state index contributed by atoms with van der Waals surface area (Å²) in [6, 6.07) is -1.22. The summed E-state index contributed by atoms with van der Waals surface area (Å²) in [5, 5.41) is 9.67. The summed E-state index contributed by atoms with van der Waals surface area (Å²) in [5.74, 6) is -1.29. The van der Waals surface area contributed by atoms with Crippen LogP contribution in [0.5, 0.6) is 0 Å². The highest BCUT2D eigenvalue weighted by Gasteiger charge is 2.38. The van der Waals surface area contributed by atoms with E-state index in [0.717, 1.165) is 24.6 Å². The van der Waals surface area contributed by atoms with Gasteiger partial charge in [0.05, 0.1) is 6.61 Å². The molecule has 0 unspecified atom stereocenters. The molecule has 2 aliphatic heterocycles. The van der Waals surface area contributed by atoms with Gasteiger partial charge in [0.25, 0.3) is 0 Å². The lowest BCUT2D eigenvalue weighted by Crippen LogP contribution is -2.44. The zero-order valence-corrected chi connectivity index (χ0v) is 25.7. The third kappa shape index (κ3) is 13.3. The van der Waals surface area contributed by atoms with Crippen molar-refractivity contribution in [1.29, 1.82) is 0 Å². The monoisotopic (exact) mass is 618 g/mol. The lowest BCUT2D eigenvalue weighted by molar-refractivity contribution is -0.148. The smallest absolute Gasteiger partial charge is 0.411 e. The van der Waals surface area contributed by atoms with Gasteiger partial charge < -0.3 is 19.3 Å². The number of carbonyl (C=O) groups excluding carboxylic acids is 3. The van der Waals surface area contributed by atoms with E-state index >= 15 is 0 Å². The first-order valence-corrected chi connectivity index (χ1v) is 12.7. The second kappa shape index (κ2) is 16.5. The maximum Gasteiger partial charge on any atom is 0.411 e. The van der Waals surface area contributed by atoms with Crippen LogP contribution in [0.4, 0.5) is 9.59 Å². The molecule has 1 N–H and O–H groups in total.